The number of H-pyrrole nitrogens is 1. The molecule has 134 valence electrons. The molecule has 1 aromatic heterocycles. The lowest BCUT2D eigenvalue weighted by Crippen LogP contribution is -2.42. The fraction of sp³-hybridized carbons (Fsp3) is 0.250. The lowest BCUT2D eigenvalue weighted by Gasteiger charge is -2.36. The van der Waals surface area contributed by atoms with Gasteiger partial charge in [0.15, 0.2) is 0 Å². The fourth-order valence-corrected chi connectivity index (χ4v) is 4.47. The van der Waals surface area contributed by atoms with Gasteiger partial charge in [-0.25, -0.2) is 4.39 Å². The molecule has 0 spiro atoms. The number of carbonyl (C=O) groups excluding carboxylic acids is 1. The Balaban J connectivity index is 1.94. The Morgan fingerprint density at radius 3 is 2.88 bits per heavy atom. The van der Waals surface area contributed by atoms with Gasteiger partial charge in [-0.2, -0.15) is 11.8 Å². The molecule has 1 aliphatic rings. The topological polar surface area (TPSA) is 36.1 Å². The highest BCUT2D eigenvalue weighted by Crippen LogP contribution is 2.41. The van der Waals surface area contributed by atoms with Gasteiger partial charge < -0.3 is 9.88 Å². The molecule has 1 aliphatic heterocycles. The summed E-state index contributed by atoms with van der Waals surface area (Å²) in [6, 6.07) is 12.1. The number of carbonyl (C=O) groups is 1. The zero-order valence-corrected chi connectivity index (χ0v) is 15.8. The van der Waals surface area contributed by atoms with Crippen LogP contribution in [0.3, 0.4) is 0 Å². The van der Waals surface area contributed by atoms with Gasteiger partial charge >= 0.3 is 0 Å². The Morgan fingerprint density at radius 2 is 2.12 bits per heavy atom. The minimum absolute atomic E-state index is 0.00822. The smallest absolute Gasteiger partial charge is 0.233 e. The van der Waals surface area contributed by atoms with Gasteiger partial charge in [0.2, 0.25) is 5.91 Å². The second kappa shape index (κ2) is 6.97. The number of halogens is 2. The lowest BCUT2D eigenvalue weighted by molar-refractivity contribution is -0.130. The number of hydrogen-bond acceptors (Lipinski definition) is 2. The van der Waals surface area contributed by atoms with Crippen LogP contribution in [-0.4, -0.2) is 34.3 Å². The number of fused-ring (bicyclic) bond motifs is 3. The Bertz CT molecular complexity index is 967. The molecule has 0 fully saturated rings. The summed E-state index contributed by atoms with van der Waals surface area (Å²) in [4.78, 5) is 17.9. The van der Waals surface area contributed by atoms with Crippen LogP contribution in [0, 0.1) is 5.82 Å². The quantitative estimate of drug-likeness (QED) is 0.699. The van der Waals surface area contributed by atoms with E-state index in [-0.39, 0.29) is 5.91 Å². The van der Waals surface area contributed by atoms with Gasteiger partial charge in [0.25, 0.3) is 0 Å². The minimum Gasteiger partial charge on any atom is -0.356 e. The molecule has 4 rings (SSSR count). The summed E-state index contributed by atoms with van der Waals surface area (Å²) < 4.78 is 14.8. The Kier molecular flexibility index (Phi) is 4.67. The Labute approximate surface area is 160 Å². The van der Waals surface area contributed by atoms with Crippen LogP contribution in [0.25, 0.3) is 10.9 Å². The van der Waals surface area contributed by atoms with E-state index in [2.05, 4.69) is 11.1 Å². The van der Waals surface area contributed by atoms with Crippen molar-refractivity contribution >= 4 is 40.2 Å². The van der Waals surface area contributed by atoms with Crippen molar-refractivity contribution < 1.29 is 9.18 Å². The summed E-state index contributed by atoms with van der Waals surface area (Å²) >= 11 is 7.85. The summed E-state index contributed by atoms with van der Waals surface area (Å²) in [5.41, 5.74) is 3.35. The predicted octanol–water partition coefficient (Wildman–Crippen LogP) is 4.80. The number of nitrogens with one attached hydrogen (secondary N) is 1. The third kappa shape index (κ3) is 2.79. The van der Waals surface area contributed by atoms with Crippen molar-refractivity contribution in [3.05, 3.63) is 70.1 Å². The zero-order chi connectivity index (χ0) is 18.3. The third-order valence-corrected chi connectivity index (χ3v) is 5.76. The number of aromatic amines is 1. The van der Waals surface area contributed by atoms with Crippen LogP contribution >= 0.6 is 23.4 Å². The summed E-state index contributed by atoms with van der Waals surface area (Å²) in [6.45, 7) is 0.545. The van der Waals surface area contributed by atoms with Crippen molar-refractivity contribution in [2.45, 2.75) is 12.5 Å². The molecule has 1 N–H and O–H groups in total. The molecule has 2 heterocycles. The minimum atomic E-state index is -0.542. The Morgan fingerprint density at radius 1 is 1.31 bits per heavy atom. The van der Waals surface area contributed by atoms with Crippen molar-refractivity contribution in [1.82, 2.24) is 9.88 Å². The molecule has 1 amide bonds. The summed E-state index contributed by atoms with van der Waals surface area (Å²) in [7, 11) is 0. The number of benzene rings is 2. The van der Waals surface area contributed by atoms with Gasteiger partial charge in [-0.1, -0.05) is 35.9 Å². The van der Waals surface area contributed by atoms with E-state index in [1.807, 2.05) is 24.5 Å². The van der Waals surface area contributed by atoms with Crippen LogP contribution in [-0.2, 0) is 11.2 Å². The van der Waals surface area contributed by atoms with Crippen molar-refractivity contribution in [2.75, 3.05) is 18.6 Å². The maximum Gasteiger partial charge on any atom is 0.233 e. The third-order valence-electron chi connectivity index (χ3n) is 4.90. The number of rotatable bonds is 3. The van der Waals surface area contributed by atoms with E-state index >= 15 is 0 Å². The average molecular weight is 389 g/mol. The van der Waals surface area contributed by atoms with Crippen molar-refractivity contribution in [2.24, 2.45) is 0 Å². The normalized spacial score (nSPS) is 16.7. The van der Waals surface area contributed by atoms with E-state index in [9.17, 15) is 9.18 Å². The molecule has 1 atom stereocenters. The van der Waals surface area contributed by atoms with Gasteiger partial charge in [0, 0.05) is 33.7 Å². The number of para-hydroxylation sites is 1. The highest BCUT2D eigenvalue weighted by Gasteiger charge is 2.36. The highest BCUT2D eigenvalue weighted by molar-refractivity contribution is 7.99. The van der Waals surface area contributed by atoms with Crippen molar-refractivity contribution in [3.63, 3.8) is 0 Å². The number of amides is 1. The predicted molar refractivity (Wildman–Crippen MR) is 105 cm³/mol. The molecule has 0 aliphatic carbocycles. The molecule has 0 unspecified atom stereocenters. The summed E-state index contributed by atoms with van der Waals surface area (Å²) in [6.07, 6.45) is 2.63. The first-order valence-corrected chi connectivity index (χ1v) is 10.2. The van der Waals surface area contributed by atoms with E-state index in [4.69, 9.17) is 11.6 Å². The zero-order valence-electron chi connectivity index (χ0n) is 14.3. The molecular formula is C20H18ClFN2OS. The summed E-state index contributed by atoms with van der Waals surface area (Å²) in [5.74, 6) is -0.0416. The van der Waals surface area contributed by atoms with Gasteiger partial charge in [-0.05, 0) is 36.4 Å². The second-order valence-electron chi connectivity index (χ2n) is 6.37. The van der Waals surface area contributed by atoms with Crippen LogP contribution in [0.4, 0.5) is 4.39 Å². The first-order valence-electron chi connectivity index (χ1n) is 8.43. The molecule has 26 heavy (non-hydrogen) atoms. The van der Waals surface area contributed by atoms with E-state index in [0.29, 0.717) is 22.9 Å². The van der Waals surface area contributed by atoms with Gasteiger partial charge in [0.05, 0.1) is 5.75 Å². The van der Waals surface area contributed by atoms with E-state index in [1.54, 1.807) is 17.0 Å². The SMILES string of the molecule is CSCC(=O)N1CCc2c([nH]c3ccccc23)[C@H]1c1c(F)cccc1Cl. The molecule has 2 aromatic carbocycles. The molecule has 3 aromatic rings. The highest BCUT2D eigenvalue weighted by atomic mass is 35.5. The molecule has 0 saturated carbocycles. The van der Waals surface area contributed by atoms with E-state index < -0.39 is 11.9 Å². The fourth-order valence-electron chi connectivity index (χ4n) is 3.79. The van der Waals surface area contributed by atoms with E-state index in [1.165, 1.54) is 17.8 Å². The van der Waals surface area contributed by atoms with E-state index in [0.717, 1.165) is 28.6 Å². The largest absolute Gasteiger partial charge is 0.356 e. The number of thioether (sulfide) groups is 1. The molecule has 0 radical (unpaired) electrons. The molecule has 0 saturated heterocycles. The number of hydrogen-bond donors (Lipinski definition) is 1. The Hall–Kier alpha value is -1.98. The van der Waals surface area contributed by atoms with Crippen LogP contribution in [0.15, 0.2) is 42.5 Å². The standard InChI is InChI=1S/C20H18ClFN2OS/c1-26-11-17(25)24-10-9-13-12-5-2-3-8-16(12)23-19(13)20(24)18-14(21)6-4-7-15(18)22/h2-8,20,23H,9-11H2,1H3/t20-/m1/s1. The lowest BCUT2D eigenvalue weighted by atomic mass is 9.92. The van der Waals surface area contributed by atoms with Gasteiger partial charge in [0.1, 0.15) is 11.9 Å². The summed E-state index contributed by atoms with van der Waals surface area (Å²) in [5, 5.41) is 1.46. The maximum absolute atomic E-state index is 14.8. The number of aromatic nitrogens is 1. The van der Waals surface area contributed by atoms with Gasteiger partial charge in [-0.3, -0.25) is 4.79 Å². The van der Waals surface area contributed by atoms with Crippen LogP contribution in [0.2, 0.25) is 5.02 Å². The first kappa shape index (κ1) is 17.4. The van der Waals surface area contributed by atoms with Crippen molar-refractivity contribution in [3.8, 4) is 0 Å². The maximum atomic E-state index is 14.8. The molecule has 6 heteroatoms. The molecular weight excluding hydrogens is 371 g/mol. The van der Waals surface area contributed by atoms with Crippen LogP contribution in [0.1, 0.15) is 22.9 Å². The molecule has 0 bridgehead atoms. The molecule has 3 nitrogen and oxygen atoms in total. The van der Waals surface area contributed by atoms with Crippen LogP contribution in [0.5, 0.6) is 0 Å². The number of nitrogens with zero attached hydrogens (tertiary/aromatic N) is 1. The van der Waals surface area contributed by atoms with Crippen molar-refractivity contribution in [1.29, 1.82) is 0 Å². The average Bonchev–Trinajstić information content (AvgIpc) is 3.01. The first-order chi connectivity index (χ1) is 12.6. The van der Waals surface area contributed by atoms with Gasteiger partial charge in [-0.15, -0.1) is 0 Å². The second-order valence-corrected chi connectivity index (χ2v) is 7.64. The van der Waals surface area contributed by atoms with Crippen LogP contribution < -0.4 is 0 Å². The monoisotopic (exact) mass is 388 g/mol.